The molecule has 0 fully saturated rings. The van der Waals surface area contributed by atoms with Gasteiger partial charge in [0.15, 0.2) is 5.96 Å². The monoisotopic (exact) mass is 247 g/mol. The zero-order valence-electron chi connectivity index (χ0n) is 10.8. The van der Waals surface area contributed by atoms with E-state index in [1.165, 1.54) is 0 Å². The number of aryl methyl sites for hydroxylation is 1. The van der Waals surface area contributed by atoms with Crippen molar-refractivity contribution in [1.82, 2.24) is 4.90 Å². The molecule has 96 valence electrons. The van der Waals surface area contributed by atoms with Gasteiger partial charge in [-0.15, -0.1) is 6.58 Å². The zero-order valence-corrected chi connectivity index (χ0v) is 10.8. The van der Waals surface area contributed by atoms with Crippen molar-refractivity contribution >= 4 is 5.96 Å². The maximum atomic E-state index is 13.7. The van der Waals surface area contributed by atoms with E-state index in [2.05, 4.69) is 11.6 Å². The maximum Gasteiger partial charge on any atom is 0.192 e. The average molecular weight is 247 g/mol. The maximum absolute atomic E-state index is 13.7. The van der Waals surface area contributed by atoms with Crippen molar-refractivity contribution < 1.29 is 4.39 Å². The Bertz CT molecular complexity index is 510. The molecule has 1 aliphatic rings. The summed E-state index contributed by atoms with van der Waals surface area (Å²) >= 11 is 0. The number of nitrogens with two attached hydrogens (primary N) is 1. The molecular formula is C14H18FN3. The third kappa shape index (κ3) is 1.88. The highest BCUT2D eigenvalue weighted by Gasteiger charge is 2.39. The average Bonchev–Trinajstić information content (AvgIpc) is 2.62. The Morgan fingerprint density at radius 3 is 2.94 bits per heavy atom. The highest BCUT2D eigenvalue weighted by molar-refractivity contribution is 5.81. The van der Waals surface area contributed by atoms with Crippen LogP contribution in [0.1, 0.15) is 18.1 Å². The molecule has 1 aromatic carbocycles. The quantitative estimate of drug-likeness (QED) is 0.832. The predicted octanol–water partition coefficient (Wildman–Crippen LogP) is 2.17. The van der Waals surface area contributed by atoms with Crippen molar-refractivity contribution in [3.8, 4) is 0 Å². The fourth-order valence-corrected chi connectivity index (χ4v) is 2.26. The second-order valence-electron chi connectivity index (χ2n) is 4.81. The Labute approximate surface area is 107 Å². The summed E-state index contributed by atoms with van der Waals surface area (Å²) in [6, 6.07) is 5.29. The van der Waals surface area contributed by atoms with Gasteiger partial charge in [0, 0.05) is 6.54 Å². The third-order valence-corrected chi connectivity index (χ3v) is 3.53. The number of aliphatic imine (C=N–C) groups is 1. The number of guanidine groups is 1. The molecule has 1 atom stereocenters. The molecule has 1 heterocycles. The van der Waals surface area contributed by atoms with Gasteiger partial charge < -0.3 is 10.6 Å². The SMILES string of the molecule is C=CCN1C(N)=NCC1(C)c1ccc(C)c(F)c1. The number of hydrogen-bond acceptors (Lipinski definition) is 3. The van der Waals surface area contributed by atoms with Gasteiger partial charge in [-0.3, -0.25) is 4.99 Å². The molecule has 0 amide bonds. The van der Waals surface area contributed by atoms with Crippen LogP contribution in [-0.2, 0) is 5.54 Å². The van der Waals surface area contributed by atoms with Crippen LogP contribution < -0.4 is 5.73 Å². The van der Waals surface area contributed by atoms with E-state index in [-0.39, 0.29) is 5.82 Å². The highest BCUT2D eigenvalue weighted by Crippen LogP contribution is 2.33. The second kappa shape index (κ2) is 4.44. The van der Waals surface area contributed by atoms with Crippen LogP contribution in [0.3, 0.4) is 0 Å². The predicted molar refractivity (Wildman–Crippen MR) is 71.9 cm³/mol. The third-order valence-electron chi connectivity index (χ3n) is 3.53. The first-order valence-electron chi connectivity index (χ1n) is 5.94. The summed E-state index contributed by atoms with van der Waals surface area (Å²) in [6.07, 6.45) is 1.77. The lowest BCUT2D eigenvalue weighted by Gasteiger charge is -2.36. The molecule has 2 rings (SSSR count). The van der Waals surface area contributed by atoms with Gasteiger partial charge in [0.05, 0.1) is 12.1 Å². The van der Waals surface area contributed by atoms with Gasteiger partial charge in [-0.2, -0.15) is 0 Å². The summed E-state index contributed by atoms with van der Waals surface area (Å²) in [4.78, 5) is 6.22. The molecule has 2 N–H and O–H groups in total. The molecule has 0 aromatic heterocycles. The molecule has 3 nitrogen and oxygen atoms in total. The molecule has 0 saturated heterocycles. The minimum atomic E-state index is -0.396. The van der Waals surface area contributed by atoms with Gasteiger partial charge in [0.2, 0.25) is 0 Å². The Hall–Kier alpha value is -1.84. The molecular weight excluding hydrogens is 229 g/mol. The number of nitrogens with zero attached hydrogens (tertiary/aromatic N) is 2. The summed E-state index contributed by atoms with van der Waals surface area (Å²) in [5, 5.41) is 0. The standard InChI is InChI=1S/C14H18FN3/c1-4-7-18-13(16)17-9-14(18,3)11-6-5-10(2)12(15)8-11/h4-6,8H,1,7,9H2,2-3H3,(H2,16,17). The Morgan fingerprint density at radius 2 is 2.33 bits per heavy atom. The highest BCUT2D eigenvalue weighted by atomic mass is 19.1. The van der Waals surface area contributed by atoms with Crippen LogP contribution in [0, 0.1) is 12.7 Å². The molecule has 1 aromatic rings. The van der Waals surface area contributed by atoms with Gasteiger partial charge in [-0.1, -0.05) is 18.2 Å². The van der Waals surface area contributed by atoms with Crippen LogP contribution in [-0.4, -0.2) is 23.9 Å². The summed E-state index contributed by atoms with van der Waals surface area (Å²) in [6.45, 7) is 8.63. The van der Waals surface area contributed by atoms with E-state index < -0.39 is 5.54 Å². The van der Waals surface area contributed by atoms with Crippen molar-refractivity contribution in [1.29, 1.82) is 0 Å². The van der Waals surface area contributed by atoms with Crippen LogP contribution in [0.5, 0.6) is 0 Å². The number of hydrogen-bond donors (Lipinski definition) is 1. The molecule has 1 aliphatic heterocycles. The lowest BCUT2D eigenvalue weighted by atomic mass is 9.90. The summed E-state index contributed by atoms with van der Waals surface area (Å²) in [5.41, 5.74) is 7.01. The molecule has 1 unspecified atom stereocenters. The molecule has 4 heteroatoms. The zero-order chi connectivity index (χ0) is 13.3. The van der Waals surface area contributed by atoms with E-state index in [4.69, 9.17) is 5.73 Å². The Balaban J connectivity index is 2.41. The number of benzene rings is 1. The van der Waals surface area contributed by atoms with E-state index in [9.17, 15) is 4.39 Å². The van der Waals surface area contributed by atoms with Crippen molar-refractivity contribution in [2.24, 2.45) is 10.7 Å². The number of rotatable bonds is 3. The molecule has 0 saturated carbocycles. The van der Waals surface area contributed by atoms with Crippen LogP contribution >= 0.6 is 0 Å². The molecule has 0 aliphatic carbocycles. The van der Waals surface area contributed by atoms with Crippen LogP contribution in [0.4, 0.5) is 4.39 Å². The second-order valence-corrected chi connectivity index (χ2v) is 4.81. The van der Waals surface area contributed by atoms with Crippen LogP contribution in [0.25, 0.3) is 0 Å². The smallest absolute Gasteiger partial charge is 0.192 e. The van der Waals surface area contributed by atoms with Crippen LogP contribution in [0.15, 0.2) is 35.8 Å². The van der Waals surface area contributed by atoms with Gasteiger partial charge in [-0.05, 0) is 31.0 Å². The normalized spacial score (nSPS) is 23.1. The Kier molecular flexibility index (Phi) is 3.11. The summed E-state index contributed by atoms with van der Waals surface area (Å²) in [5.74, 6) is 0.288. The topological polar surface area (TPSA) is 41.6 Å². The van der Waals surface area contributed by atoms with E-state index in [0.29, 0.717) is 24.6 Å². The minimum Gasteiger partial charge on any atom is -0.370 e. The summed E-state index contributed by atoms with van der Waals surface area (Å²) in [7, 11) is 0. The van der Waals surface area contributed by atoms with Gasteiger partial charge in [0.1, 0.15) is 5.82 Å². The minimum absolute atomic E-state index is 0.197. The Morgan fingerprint density at radius 1 is 1.61 bits per heavy atom. The first-order chi connectivity index (χ1) is 8.49. The first kappa shape index (κ1) is 12.6. The lowest BCUT2D eigenvalue weighted by Crippen LogP contribution is -2.47. The van der Waals surface area contributed by atoms with Crippen LogP contribution in [0.2, 0.25) is 0 Å². The van der Waals surface area contributed by atoms with Crippen molar-refractivity contribution in [3.63, 3.8) is 0 Å². The van der Waals surface area contributed by atoms with E-state index in [1.54, 1.807) is 25.1 Å². The molecule has 0 radical (unpaired) electrons. The van der Waals surface area contributed by atoms with E-state index >= 15 is 0 Å². The molecule has 0 spiro atoms. The van der Waals surface area contributed by atoms with Crippen molar-refractivity contribution in [2.45, 2.75) is 19.4 Å². The molecule has 18 heavy (non-hydrogen) atoms. The fourth-order valence-electron chi connectivity index (χ4n) is 2.26. The van der Waals surface area contributed by atoms with Crippen molar-refractivity contribution in [3.05, 3.63) is 47.8 Å². The summed E-state index contributed by atoms with van der Waals surface area (Å²) < 4.78 is 13.7. The molecule has 0 bridgehead atoms. The van der Waals surface area contributed by atoms with Crippen molar-refractivity contribution in [2.75, 3.05) is 13.1 Å². The van der Waals surface area contributed by atoms with Gasteiger partial charge in [0.25, 0.3) is 0 Å². The van der Waals surface area contributed by atoms with E-state index in [1.807, 2.05) is 17.9 Å². The largest absolute Gasteiger partial charge is 0.370 e. The fraction of sp³-hybridized carbons (Fsp3) is 0.357. The van der Waals surface area contributed by atoms with Gasteiger partial charge >= 0.3 is 0 Å². The number of halogens is 1. The van der Waals surface area contributed by atoms with Gasteiger partial charge in [-0.25, -0.2) is 4.39 Å². The van der Waals surface area contributed by atoms with E-state index in [0.717, 1.165) is 5.56 Å². The lowest BCUT2D eigenvalue weighted by molar-refractivity contribution is 0.244. The first-order valence-corrected chi connectivity index (χ1v) is 5.94.